The highest BCUT2D eigenvalue weighted by Gasteiger charge is 2.25. The molecule has 1 aromatic heterocycles. The number of hydrogen-bond donors (Lipinski definition) is 2. The molecule has 1 aliphatic carbocycles. The molecule has 0 spiro atoms. The molecule has 1 saturated carbocycles. The Kier molecular flexibility index (Phi) is 4.53. The van der Waals surface area contributed by atoms with Crippen molar-refractivity contribution in [1.29, 1.82) is 0 Å². The first-order valence-electron chi connectivity index (χ1n) is 6.94. The number of nitrogens with zero attached hydrogens (tertiary/aromatic N) is 1. The molecule has 1 amide bonds. The van der Waals surface area contributed by atoms with Gasteiger partial charge in [0.2, 0.25) is 5.91 Å². The van der Waals surface area contributed by atoms with Crippen molar-refractivity contribution in [1.82, 2.24) is 10.3 Å². The number of hydrogen-bond acceptors (Lipinski definition) is 3. The minimum atomic E-state index is -0.310. The van der Waals surface area contributed by atoms with E-state index in [1.54, 1.807) is 0 Å². The molecule has 0 saturated heterocycles. The summed E-state index contributed by atoms with van der Waals surface area (Å²) in [5.74, 6) is 0.0265. The summed E-state index contributed by atoms with van der Waals surface area (Å²) in [6.45, 7) is 4.45. The summed E-state index contributed by atoms with van der Waals surface area (Å²) in [6.07, 6.45) is 2.94. The van der Waals surface area contributed by atoms with Crippen molar-refractivity contribution >= 4 is 5.91 Å². The van der Waals surface area contributed by atoms with Crippen LogP contribution in [0.1, 0.15) is 42.6 Å². The van der Waals surface area contributed by atoms with E-state index in [9.17, 15) is 9.90 Å². The van der Waals surface area contributed by atoms with Gasteiger partial charge in [-0.05, 0) is 50.8 Å². The SMILES string of the molecule is Cc1cc(CNC(=O)[C@H]2CCC[C@H](O)C2)cc(C)n1. The Hall–Kier alpha value is -1.42. The summed E-state index contributed by atoms with van der Waals surface area (Å²) in [5, 5.41) is 12.6. The van der Waals surface area contributed by atoms with Crippen LogP contribution >= 0.6 is 0 Å². The predicted octanol–water partition coefficient (Wildman–Crippen LogP) is 1.87. The number of aromatic nitrogens is 1. The van der Waals surface area contributed by atoms with Crippen molar-refractivity contribution in [3.05, 3.63) is 29.1 Å². The van der Waals surface area contributed by atoms with Gasteiger partial charge in [0.25, 0.3) is 0 Å². The summed E-state index contributed by atoms with van der Waals surface area (Å²) in [7, 11) is 0. The highest BCUT2D eigenvalue weighted by molar-refractivity contribution is 5.78. The first-order chi connectivity index (χ1) is 9.04. The molecule has 104 valence electrons. The first-order valence-corrected chi connectivity index (χ1v) is 6.94. The lowest BCUT2D eigenvalue weighted by Crippen LogP contribution is -2.34. The number of pyridine rings is 1. The zero-order valence-corrected chi connectivity index (χ0v) is 11.6. The van der Waals surface area contributed by atoms with Gasteiger partial charge in [-0.3, -0.25) is 9.78 Å². The van der Waals surface area contributed by atoms with E-state index in [1.165, 1.54) is 0 Å². The fraction of sp³-hybridized carbons (Fsp3) is 0.600. The molecule has 4 heteroatoms. The van der Waals surface area contributed by atoms with Crippen LogP contribution < -0.4 is 5.32 Å². The highest BCUT2D eigenvalue weighted by atomic mass is 16.3. The molecule has 19 heavy (non-hydrogen) atoms. The van der Waals surface area contributed by atoms with Crippen molar-refractivity contribution in [2.45, 2.75) is 52.2 Å². The van der Waals surface area contributed by atoms with Crippen LogP contribution in [0.4, 0.5) is 0 Å². The quantitative estimate of drug-likeness (QED) is 0.874. The number of rotatable bonds is 3. The van der Waals surface area contributed by atoms with Crippen LogP contribution in [0.15, 0.2) is 12.1 Å². The molecule has 1 aliphatic rings. The Morgan fingerprint density at radius 3 is 2.68 bits per heavy atom. The number of nitrogens with one attached hydrogen (secondary N) is 1. The summed E-state index contributed by atoms with van der Waals surface area (Å²) in [5.41, 5.74) is 3.02. The number of aliphatic hydroxyl groups excluding tert-OH is 1. The first kappa shape index (κ1) is 14.0. The molecular formula is C15H22N2O2. The van der Waals surface area contributed by atoms with Gasteiger partial charge in [-0.2, -0.15) is 0 Å². The lowest BCUT2D eigenvalue weighted by molar-refractivity contribution is -0.127. The van der Waals surface area contributed by atoms with Crippen LogP contribution in [0.5, 0.6) is 0 Å². The average molecular weight is 262 g/mol. The molecule has 1 heterocycles. The molecule has 0 aromatic carbocycles. The molecule has 4 nitrogen and oxygen atoms in total. The minimum absolute atomic E-state index is 0.0345. The van der Waals surface area contributed by atoms with Crippen LogP contribution in [0.25, 0.3) is 0 Å². The van der Waals surface area contributed by atoms with Crippen molar-refractivity contribution in [3.63, 3.8) is 0 Å². The van der Waals surface area contributed by atoms with E-state index < -0.39 is 0 Å². The lowest BCUT2D eigenvalue weighted by atomic mass is 9.86. The topological polar surface area (TPSA) is 62.2 Å². The summed E-state index contributed by atoms with van der Waals surface area (Å²) >= 11 is 0. The van der Waals surface area contributed by atoms with Crippen molar-refractivity contribution in [2.75, 3.05) is 0 Å². The van der Waals surface area contributed by atoms with Gasteiger partial charge >= 0.3 is 0 Å². The summed E-state index contributed by atoms with van der Waals surface area (Å²) in [6, 6.07) is 3.98. The highest BCUT2D eigenvalue weighted by Crippen LogP contribution is 2.24. The second-order valence-electron chi connectivity index (χ2n) is 5.49. The van der Waals surface area contributed by atoms with Crippen LogP contribution in [-0.2, 0) is 11.3 Å². The Morgan fingerprint density at radius 1 is 1.37 bits per heavy atom. The number of carbonyl (C=O) groups is 1. The van der Waals surface area contributed by atoms with Gasteiger partial charge in [0, 0.05) is 23.9 Å². The second kappa shape index (κ2) is 6.15. The molecule has 0 unspecified atom stereocenters. The summed E-state index contributed by atoms with van der Waals surface area (Å²) < 4.78 is 0. The maximum atomic E-state index is 12.0. The number of carbonyl (C=O) groups excluding carboxylic acids is 1. The maximum Gasteiger partial charge on any atom is 0.223 e. The molecular weight excluding hydrogens is 240 g/mol. The predicted molar refractivity (Wildman–Crippen MR) is 73.5 cm³/mol. The normalized spacial score (nSPS) is 23.1. The smallest absolute Gasteiger partial charge is 0.223 e. The second-order valence-corrected chi connectivity index (χ2v) is 5.49. The Balaban J connectivity index is 1.89. The van der Waals surface area contributed by atoms with E-state index in [2.05, 4.69) is 10.3 Å². The van der Waals surface area contributed by atoms with Gasteiger partial charge in [0.1, 0.15) is 0 Å². The van der Waals surface area contributed by atoms with Crippen LogP contribution in [0.3, 0.4) is 0 Å². The third-order valence-electron chi connectivity index (χ3n) is 3.63. The van der Waals surface area contributed by atoms with E-state index in [1.807, 2.05) is 26.0 Å². The third kappa shape index (κ3) is 4.03. The molecule has 0 bridgehead atoms. The Labute approximate surface area is 114 Å². The van der Waals surface area contributed by atoms with Crippen LogP contribution in [0.2, 0.25) is 0 Å². The van der Waals surface area contributed by atoms with E-state index >= 15 is 0 Å². The fourth-order valence-corrected chi connectivity index (χ4v) is 2.76. The maximum absolute atomic E-state index is 12.0. The van der Waals surface area contributed by atoms with E-state index in [4.69, 9.17) is 0 Å². The Bertz CT molecular complexity index is 439. The standard InChI is InChI=1S/C15H22N2O2/c1-10-6-12(7-11(2)17-10)9-16-15(19)13-4-3-5-14(18)8-13/h6-7,13-14,18H,3-5,8-9H2,1-2H3,(H,16,19)/t13-,14-/m0/s1. The van der Waals surface area contributed by atoms with Crippen molar-refractivity contribution < 1.29 is 9.90 Å². The average Bonchev–Trinajstić information content (AvgIpc) is 2.35. The number of aliphatic hydroxyl groups is 1. The number of aryl methyl sites for hydroxylation is 2. The van der Waals surface area contributed by atoms with Gasteiger partial charge in [-0.1, -0.05) is 6.42 Å². The minimum Gasteiger partial charge on any atom is -0.393 e. The monoisotopic (exact) mass is 262 g/mol. The van der Waals surface area contributed by atoms with E-state index in [0.717, 1.165) is 36.2 Å². The molecule has 1 aromatic rings. The van der Waals surface area contributed by atoms with Gasteiger partial charge in [0.05, 0.1) is 6.10 Å². The third-order valence-corrected chi connectivity index (χ3v) is 3.63. The molecule has 0 radical (unpaired) electrons. The van der Waals surface area contributed by atoms with Gasteiger partial charge in [-0.25, -0.2) is 0 Å². The van der Waals surface area contributed by atoms with Crippen molar-refractivity contribution in [2.24, 2.45) is 5.92 Å². The van der Waals surface area contributed by atoms with E-state index in [-0.39, 0.29) is 17.9 Å². The van der Waals surface area contributed by atoms with Gasteiger partial charge < -0.3 is 10.4 Å². The van der Waals surface area contributed by atoms with Crippen LogP contribution in [0, 0.1) is 19.8 Å². The molecule has 2 N–H and O–H groups in total. The molecule has 2 rings (SSSR count). The largest absolute Gasteiger partial charge is 0.393 e. The summed E-state index contributed by atoms with van der Waals surface area (Å²) in [4.78, 5) is 16.4. The zero-order chi connectivity index (χ0) is 13.8. The fourth-order valence-electron chi connectivity index (χ4n) is 2.76. The van der Waals surface area contributed by atoms with Crippen LogP contribution in [-0.4, -0.2) is 22.1 Å². The Morgan fingerprint density at radius 2 is 2.05 bits per heavy atom. The molecule has 0 aliphatic heterocycles. The van der Waals surface area contributed by atoms with Gasteiger partial charge in [0.15, 0.2) is 0 Å². The van der Waals surface area contributed by atoms with Crippen molar-refractivity contribution in [3.8, 4) is 0 Å². The molecule has 2 atom stereocenters. The zero-order valence-electron chi connectivity index (χ0n) is 11.6. The molecule has 1 fully saturated rings. The number of amides is 1. The van der Waals surface area contributed by atoms with Gasteiger partial charge in [-0.15, -0.1) is 0 Å². The lowest BCUT2D eigenvalue weighted by Gasteiger charge is -2.24. The van der Waals surface area contributed by atoms with E-state index in [0.29, 0.717) is 13.0 Å².